The van der Waals surface area contributed by atoms with Crippen LogP contribution < -0.4 is 4.74 Å². The molecule has 0 bridgehead atoms. The van der Waals surface area contributed by atoms with Crippen LogP contribution in [-0.4, -0.2) is 50.0 Å². The number of rotatable bonds is 11. The van der Waals surface area contributed by atoms with Gasteiger partial charge in [0.25, 0.3) is 0 Å². The van der Waals surface area contributed by atoms with Crippen molar-refractivity contribution >= 4 is 22.7 Å². The smallest absolute Gasteiger partial charge is 0.341 e. The van der Waals surface area contributed by atoms with Crippen LogP contribution in [0.2, 0.25) is 0 Å². The highest BCUT2D eigenvalue weighted by Gasteiger charge is 2.25. The van der Waals surface area contributed by atoms with E-state index in [1.54, 1.807) is 24.3 Å². The number of benzene rings is 2. The lowest BCUT2D eigenvalue weighted by atomic mass is 9.92. The van der Waals surface area contributed by atoms with Crippen molar-refractivity contribution in [1.29, 1.82) is 0 Å². The topological polar surface area (TPSA) is 69.0 Å². The maximum Gasteiger partial charge on any atom is 0.341 e. The van der Waals surface area contributed by atoms with Crippen LogP contribution in [0.4, 0.5) is 0 Å². The largest absolute Gasteiger partial charge is 0.494 e. The second-order valence-corrected chi connectivity index (χ2v) is 10.4. The number of furan rings is 1. The maximum absolute atomic E-state index is 13.6. The molecule has 2 heterocycles. The lowest BCUT2D eigenvalue weighted by Crippen LogP contribution is -2.39. The molecule has 2 aromatic carbocycles. The zero-order valence-electron chi connectivity index (χ0n) is 22.5. The van der Waals surface area contributed by atoms with Crippen LogP contribution in [0, 0.1) is 11.8 Å². The van der Waals surface area contributed by atoms with Crippen molar-refractivity contribution in [3.63, 3.8) is 0 Å². The van der Waals surface area contributed by atoms with E-state index in [1.807, 2.05) is 18.2 Å². The van der Waals surface area contributed by atoms with E-state index in [1.165, 1.54) is 26.6 Å². The first-order valence-corrected chi connectivity index (χ1v) is 13.5. The summed E-state index contributed by atoms with van der Waals surface area (Å²) in [6.45, 7) is 10.8. The number of methoxy groups -OCH3 is 1. The lowest BCUT2D eigenvalue weighted by molar-refractivity contribution is 0.0601. The molecule has 0 saturated carbocycles. The zero-order valence-corrected chi connectivity index (χ0v) is 22.5. The summed E-state index contributed by atoms with van der Waals surface area (Å²) >= 11 is 0. The normalized spacial score (nSPS) is 18.2. The van der Waals surface area contributed by atoms with Crippen LogP contribution in [0.1, 0.15) is 78.5 Å². The summed E-state index contributed by atoms with van der Waals surface area (Å²) in [5.41, 5.74) is 1.82. The Morgan fingerprint density at radius 1 is 1.03 bits per heavy atom. The number of nitrogens with zero attached hydrogens (tertiary/aromatic N) is 1. The van der Waals surface area contributed by atoms with Crippen LogP contribution in [0.25, 0.3) is 11.0 Å². The van der Waals surface area contributed by atoms with Gasteiger partial charge in [-0.05, 0) is 61.4 Å². The van der Waals surface area contributed by atoms with Gasteiger partial charge < -0.3 is 18.8 Å². The Hall–Kier alpha value is -3.12. The summed E-state index contributed by atoms with van der Waals surface area (Å²) in [7, 11) is 1.34. The van der Waals surface area contributed by atoms with Gasteiger partial charge in [-0.15, -0.1) is 0 Å². The number of hydrogen-bond acceptors (Lipinski definition) is 6. The maximum atomic E-state index is 13.6. The fourth-order valence-corrected chi connectivity index (χ4v) is 5.50. The highest BCUT2D eigenvalue weighted by atomic mass is 16.5. The fraction of sp³-hybridized carbons (Fsp3) is 0.484. The van der Waals surface area contributed by atoms with Crippen molar-refractivity contribution in [1.82, 2.24) is 4.90 Å². The number of para-hydroxylation sites is 1. The third kappa shape index (κ3) is 6.42. The van der Waals surface area contributed by atoms with E-state index < -0.39 is 5.97 Å². The highest BCUT2D eigenvalue weighted by Crippen LogP contribution is 2.32. The number of carbonyl (C=O) groups is 2. The average molecular weight is 506 g/mol. The van der Waals surface area contributed by atoms with Gasteiger partial charge in [0.15, 0.2) is 5.78 Å². The van der Waals surface area contributed by atoms with E-state index in [9.17, 15) is 9.59 Å². The molecule has 6 nitrogen and oxygen atoms in total. The number of ketones is 1. The third-order valence-electron chi connectivity index (χ3n) is 7.13. The van der Waals surface area contributed by atoms with Crippen molar-refractivity contribution in [2.45, 2.75) is 52.9 Å². The van der Waals surface area contributed by atoms with Gasteiger partial charge in [-0.3, -0.25) is 4.79 Å². The molecule has 0 spiro atoms. The number of carbonyl (C=O) groups excluding carboxylic acids is 2. The summed E-state index contributed by atoms with van der Waals surface area (Å²) in [5, 5.41) is 0.640. The Labute approximate surface area is 219 Å². The molecular weight excluding hydrogens is 466 g/mol. The number of unbranched alkanes of at least 4 members (excludes halogenated alkanes) is 1. The Kier molecular flexibility index (Phi) is 9.04. The molecule has 1 fully saturated rings. The molecule has 2 atom stereocenters. The molecule has 1 aromatic heterocycles. The quantitative estimate of drug-likeness (QED) is 0.167. The van der Waals surface area contributed by atoms with E-state index in [4.69, 9.17) is 13.9 Å². The molecule has 4 rings (SSSR count). The Bertz CT molecular complexity index is 1200. The monoisotopic (exact) mass is 505 g/mol. The molecule has 0 amide bonds. The van der Waals surface area contributed by atoms with E-state index in [2.05, 4.69) is 25.7 Å². The Balaban J connectivity index is 1.45. The van der Waals surface area contributed by atoms with Crippen molar-refractivity contribution in [2.24, 2.45) is 11.8 Å². The Morgan fingerprint density at radius 3 is 2.43 bits per heavy atom. The summed E-state index contributed by atoms with van der Waals surface area (Å²) < 4.78 is 17.0. The SMILES string of the molecule is CCCCc1oc2c(C(=O)OC)cccc2c1C(=O)c1ccc(OCCCN2C[C@H](C)C[C@H](C)C2)cc1. The number of esters is 1. The molecule has 3 aromatic rings. The Morgan fingerprint density at radius 2 is 1.76 bits per heavy atom. The van der Waals surface area contributed by atoms with Crippen LogP contribution in [0.15, 0.2) is 46.9 Å². The number of likely N-dealkylation sites (tertiary alicyclic amines) is 1. The zero-order chi connectivity index (χ0) is 26.4. The van der Waals surface area contributed by atoms with Gasteiger partial charge in [0.1, 0.15) is 22.7 Å². The van der Waals surface area contributed by atoms with Gasteiger partial charge in [-0.2, -0.15) is 0 Å². The predicted molar refractivity (Wildman–Crippen MR) is 146 cm³/mol. The minimum atomic E-state index is -0.480. The highest BCUT2D eigenvalue weighted by molar-refractivity contribution is 6.18. The van der Waals surface area contributed by atoms with Gasteiger partial charge in [0.2, 0.25) is 0 Å². The van der Waals surface area contributed by atoms with E-state index in [0.29, 0.717) is 46.4 Å². The second-order valence-electron chi connectivity index (χ2n) is 10.4. The van der Waals surface area contributed by atoms with Crippen LogP contribution in [0.3, 0.4) is 0 Å². The summed E-state index contributed by atoms with van der Waals surface area (Å²) in [6, 6.07) is 12.6. The summed E-state index contributed by atoms with van der Waals surface area (Å²) in [4.78, 5) is 28.5. The van der Waals surface area contributed by atoms with Crippen molar-refractivity contribution in [3.05, 3.63) is 64.9 Å². The number of ether oxygens (including phenoxy) is 2. The molecule has 37 heavy (non-hydrogen) atoms. The van der Waals surface area contributed by atoms with E-state index >= 15 is 0 Å². The van der Waals surface area contributed by atoms with Crippen LogP contribution >= 0.6 is 0 Å². The number of fused-ring (bicyclic) bond motifs is 1. The fourth-order valence-electron chi connectivity index (χ4n) is 5.50. The third-order valence-corrected chi connectivity index (χ3v) is 7.13. The summed E-state index contributed by atoms with van der Waals surface area (Å²) in [5.74, 6) is 2.29. The molecule has 1 saturated heterocycles. The van der Waals surface area contributed by atoms with Crippen LogP contribution in [0.5, 0.6) is 5.75 Å². The molecule has 0 aliphatic carbocycles. The predicted octanol–water partition coefficient (Wildman–Crippen LogP) is 6.54. The lowest BCUT2D eigenvalue weighted by Gasteiger charge is -2.34. The molecule has 0 N–H and O–H groups in total. The number of hydrogen-bond donors (Lipinski definition) is 0. The molecule has 0 unspecified atom stereocenters. The second kappa shape index (κ2) is 12.4. The van der Waals surface area contributed by atoms with Crippen molar-refractivity contribution < 1.29 is 23.5 Å². The summed E-state index contributed by atoms with van der Waals surface area (Å²) in [6.07, 6.45) is 4.78. The van der Waals surface area contributed by atoms with E-state index in [-0.39, 0.29) is 5.78 Å². The van der Waals surface area contributed by atoms with Crippen molar-refractivity contribution in [3.8, 4) is 5.75 Å². The number of piperidine rings is 1. The van der Waals surface area contributed by atoms with Gasteiger partial charge in [0.05, 0.1) is 19.3 Å². The molecular formula is C31H39NO5. The first-order chi connectivity index (χ1) is 17.9. The molecule has 1 aliphatic rings. The molecule has 1 aliphatic heterocycles. The van der Waals surface area contributed by atoms with Gasteiger partial charge in [-0.1, -0.05) is 39.3 Å². The molecule has 6 heteroatoms. The first kappa shape index (κ1) is 26.9. The van der Waals surface area contributed by atoms with E-state index in [0.717, 1.165) is 43.4 Å². The first-order valence-electron chi connectivity index (χ1n) is 13.5. The minimum absolute atomic E-state index is 0.119. The standard InChI is InChI=1S/C31H39NO5/c1-5-6-11-27-28(25-9-7-10-26(30(25)37-27)31(34)35-4)29(33)23-12-14-24(15-13-23)36-17-8-16-32-19-21(2)18-22(3)20-32/h7,9-10,12-15,21-22H,5-6,8,11,16-20H2,1-4H3/t21-,22+. The minimum Gasteiger partial charge on any atom is -0.494 e. The van der Waals surface area contributed by atoms with Gasteiger partial charge >= 0.3 is 5.97 Å². The van der Waals surface area contributed by atoms with Gasteiger partial charge in [0, 0.05) is 37.0 Å². The number of aryl methyl sites for hydroxylation is 1. The van der Waals surface area contributed by atoms with Crippen LogP contribution in [-0.2, 0) is 11.2 Å². The van der Waals surface area contributed by atoms with Gasteiger partial charge in [-0.25, -0.2) is 4.79 Å². The average Bonchev–Trinajstić information content (AvgIpc) is 3.27. The molecule has 0 radical (unpaired) electrons. The van der Waals surface area contributed by atoms with Crippen molar-refractivity contribution in [2.75, 3.05) is 33.4 Å². The molecule has 198 valence electrons.